The van der Waals surface area contributed by atoms with Gasteiger partial charge < -0.3 is 29.4 Å². The van der Waals surface area contributed by atoms with E-state index in [1.165, 1.54) is 23.9 Å². The molecule has 0 aromatic heterocycles. The van der Waals surface area contributed by atoms with Crippen LogP contribution < -0.4 is 5.32 Å². The van der Waals surface area contributed by atoms with Crippen molar-refractivity contribution in [3.05, 3.63) is 69.7 Å². The van der Waals surface area contributed by atoms with Crippen molar-refractivity contribution < 1.29 is 33.6 Å². The summed E-state index contributed by atoms with van der Waals surface area (Å²) >= 11 is 13.4. The van der Waals surface area contributed by atoms with E-state index in [1.807, 2.05) is 36.6 Å². The molecule has 4 rings (SSSR count). The first-order valence-electron chi connectivity index (χ1n) is 10.5. The van der Waals surface area contributed by atoms with Crippen molar-refractivity contribution >= 4 is 46.8 Å². The van der Waals surface area contributed by atoms with Crippen molar-refractivity contribution in [2.75, 3.05) is 19.5 Å². The summed E-state index contributed by atoms with van der Waals surface area (Å²) in [7, 11) is 0. The lowest BCUT2D eigenvalue weighted by atomic mass is 9.96. The van der Waals surface area contributed by atoms with Gasteiger partial charge in [0, 0.05) is 11.1 Å². The highest BCUT2D eigenvalue weighted by molar-refractivity contribution is 7.99. The average Bonchev–Trinajstić information content (AvgIpc) is 2.84. The van der Waals surface area contributed by atoms with Gasteiger partial charge in [0.1, 0.15) is 30.4 Å². The number of nitrogens with one attached hydrogen (secondary N) is 1. The number of thioether (sulfide) groups is 1. The van der Waals surface area contributed by atoms with E-state index in [-0.39, 0.29) is 11.6 Å². The minimum Gasteiger partial charge on any atom is -0.480 e. The Morgan fingerprint density at radius 2 is 1.91 bits per heavy atom. The quantitative estimate of drug-likeness (QED) is 0.560. The Balaban J connectivity index is 1.60. The molecular formula is C23H23Cl2NO7S. The van der Waals surface area contributed by atoms with E-state index in [9.17, 15) is 14.7 Å². The number of benzene rings is 2. The van der Waals surface area contributed by atoms with Crippen molar-refractivity contribution in [3.8, 4) is 0 Å². The minimum atomic E-state index is -1.13. The Bertz CT molecular complexity index is 1030. The second-order valence-corrected chi connectivity index (χ2v) is 9.50. The van der Waals surface area contributed by atoms with Crippen LogP contribution in [0.5, 0.6) is 0 Å². The molecule has 2 aromatic carbocycles. The molecular weight excluding hydrogens is 505 g/mol. The monoisotopic (exact) mass is 527 g/mol. The van der Waals surface area contributed by atoms with E-state index in [0.717, 1.165) is 5.56 Å². The molecule has 182 valence electrons. The molecule has 8 nitrogen and oxygen atoms in total. The van der Waals surface area contributed by atoms with E-state index in [4.69, 9.17) is 42.1 Å². The zero-order valence-corrected chi connectivity index (χ0v) is 20.4. The fourth-order valence-electron chi connectivity index (χ4n) is 3.94. The lowest BCUT2D eigenvalue weighted by molar-refractivity contribution is -0.311. The molecule has 0 radical (unpaired) electrons. The summed E-state index contributed by atoms with van der Waals surface area (Å²) in [6.07, 6.45) is -0.849. The molecule has 2 aliphatic heterocycles. The van der Waals surface area contributed by atoms with Gasteiger partial charge in [0.2, 0.25) is 0 Å². The molecule has 0 saturated carbocycles. The molecule has 6 atom stereocenters. The Morgan fingerprint density at radius 1 is 1.15 bits per heavy atom. The van der Waals surface area contributed by atoms with Crippen LogP contribution in [0.4, 0.5) is 0 Å². The number of carbonyl (C=O) groups is 2. The average molecular weight is 528 g/mol. The molecule has 2 aromatic rings. The van der Waals surface area contributed by atoms with Gasteiger partial charge in [-0.05, 0) is 24.5 Å². The van der Waals surface area contributed by atoms with Gasteiger partial charge >= 0.3 is 5.97 Å². The molecule has 0 spiro atoms. The first-order valence-corrected chi connectivity index (χ1v) is 12.5. The van der Waals surface area contributed by atoms with Crippen LogP contribution in [0.1, 0.15) is 22.2 Å². The number of rotatable bonds is 7. The number of aliphatic carboxylic acids is 1. The summed E-state index contributed by atoms with van der Waals surface area (Å²) in [5, 5.41) is 12.7. The number of carbonyl (C=O) groups excluding carboxylic acids is 1. The highest BCUT2D eigenvalue weighted by atomic mass is 35.5. The molecule has 0 bridgehead atoms. The van der Waals surface area contributed by atoms with Crippen molar-refractivity contribution in [2.24, 2.45) is 0 Å². The maximum Gasteiger partial charge on any atom is 0.329 e. The van der Waals surface area contributed by atoms with Crippen LogP contribution in [0, 0.1) is 0 Å². The second kappa shape index (κ2) is 11.3. The van der Waals surface area contributed by atoms with Crippen molar-refractivity contribution in [1.82, 2.24) is 5.32 Å². The zero-order valence-electron chi connectivity index (χ0n) is 18.1. The maximum atomic E-state index is 13.1. The van der Waals surface area contributed by atoms with E-state index < -0.39 is 54.6 Å². The topological polar surface area (TPSA) is 103 Å². The summed E-state index contributed by atoms with van der Waals surface area (Å²) in [5.74, 6) is -1.56. The fourth-order valence-corrected chi connectivity index (χ4v) is 5.01. The van der Waals surface area contributed by atoms with Gasteiger partial charge in [-0.25, -0.2) is 4.79 Å². The normalized spacial score (nSPS) is 28.7. The number of fused-ring (bicyclic) bond motifs is 1. The summed E-state index contributed by atoms with van der Waals surface area (Å²) in [6, 6.07) is 13.2. The summed E-state index contributed by atoms with van der Waals surface area (Å²) < 4.78 is 24.0. The zero-order chi connectivity index (χ0) is 24.2. The van der Waals surface area contributed by atoms with Crippen molar-refractivity contribution in [1.29, 1.82) is 0 Å². The SMILES string of the molecule is CS[C@@H]1OC2COC(c3ccccc3)O[C@@H]2[C@H](OCC(=O)O)C1NC(=O)c1ccc(Cl)c(Cl)c1. The van der Waals surface area contributed by atoms with Crippen LogP contribution in [-0.4, -0.2) is 66.2 Å². The van der Waals surface area contributed by atoms with Gasteiger partial charge in [-0.3, -0.25) is 4.79 Å². The fraction of sp³-hybridized carbons (Fsp3) is 0.391. The number of carboxylic acids is 1. The molecule has 2 heterocycles. The number of ether oxygens (including phenoxy) is 4. The van der Waals surface area contributed by atoms with Crippen molar-refractivity contribution in [2.45, 2.75) is 36.1 Å². The number of hydrogen-bond acceptors (Lipinski definition) is 7. The van der Waals surface area contributed by atoms with E-state index in [0.29, 0.717) is 10.6 Å². The van der Waals surface area contributed by atoms with Crippen LogP contribution in [0.3, 0.4) is 0 Å². The van der Waals surface area contributed by atoms with Gasteiger partial charge in [0.25, 0.3) is 5.91 Å². The van der Waals surface area contributed by atoms with Crippen LogP contribution in [0.2, 0.25) is 10.0 Å². The molecule has 1 amide bonds. The van der Waals surface area contributed by atoms with Gasteiger partial charge in [-0.1, -0.05) is 53.5 Å². The van der Waals surface area contributed by atoms with Crippen LogP contribution >= 0.6 is 35.0 Å². The van der Waals surface area contributed by atoms with Crippen LogP contribution in [0.25, 0.3) is 0 Å². The highest BCUT2D eigenvalue weighted by Gasteiger charge is 2.51. The highest BCUT2D eigenvalue weighted by Crippen LogP contribution is 2.37. The molecule has 2 fully saturated rings. The minimum absolute atomic E-state index is 0.224. The first-order chi connectivity index (χ1) is 16.4. The summed E-state index contributed by atoms with van der Waals surface area (Å²) in [4.78, 5) is 24.4. The standard InChI is InChI=1S/C23H23Cl2NO7S/c1-34-23-18(26-21(29)13-7-8-14(24)15(25)9-13)20(30-11-17(27)28)19-16(32-23)10-31-22(33-19)12-5-3-2-4-6-12/h2-9,16,18-20,22-23H,10-11H2,1H3,(H,26,29)(H,27,28)/t16?,18?,19-,20+,22?,23-/m0/s1. The van der Waals surface area contributed by atoms with E-state index >= 15 is 0 Å². The Labute approximate surface area is 210 Å². The molecule has 2 saturated heterocycles. The third-order valence-electron chi connectivity index (χ3n) is 5.52. The van der Waals surface area contributed by atoms with Gasteiger partial charge in [-0.2, -0.15) is 0 Å². The number of amides is 1. The smallest absolute Gasteiger partial charge is 0.329 e. The van der Waals surface area contributed by atoms with Gasteiger partial charge in [-0.15, -0.1) is 11.8 Å². The molecule has 34 heavy (non-hydrogen) atoms. The Hall–Kier alpha value is -1.85. The van der Waals surface area contributed by atoms with Gasteiger partial charge in [0.15, 0.2) is 6.29 Å². The van der Waals surface area contributed by atoms with Crippen LogP contribution in [-0.2, 0) is 23.7 Å². The second-order valence-electron chi connectivity index (χ2n) is 7.75. The number of hydrogen-bond donors (Lipinski definition) is 2. The van der Waals surface area contributed by atoms with Crippen LogP contribution in [0.15, 0.2) is 48.5 Å². The number of halogens is 2. The Kier molecular flexibility index (Phi) is 8.36. The molecule has 2 aliphatic rings. The summed E-state index contributed by atoms with van der Waals surface area (Å²) in [5.41, 5.74) is 0.567. The van der Waals surface area contributed by atoms with Crippen molar-refractivity contribution in [3.63, 3.8) is 0 Å². The predicted octanol–water partition coefficient (Wildman–Crippen LogP) is 3.76. The Morgan fingerprint density at radius 3 is 2.59 bits per heavy atom. The van der Waals surface area contributed by atoms with E-state index in [2.05, 4.69) is 5.32 Å². The molecule has 0 aliphatic carbocycles. The predicted molar refractivity (Wildman–Crippen MR) is 127 cm³/mol. The molecule has 3 unspecified atom stereocenters. The lowest BCUT2D eigenvalue weighted by Gasteiger charge is -2.49. The molecule has 11 heteroatoms. The van der Waals surface area contributed by atoms with E-state index in [1.54, 1.807) is 6.07 Å². The maximum absolute atomic E-state index is 13.1. The third-order valence-corrected chi connectivity index (χ3v) is 7.13. The first kappa shape index (κ1) is 25.2. The van der Waals surface area contributed by atoms with Gasteiger partial charge in [0.05, 0.1) is 22.7 Å². The third kappa shape index (κ3) is 5.68. The lowest BCUT2D eigenvalue weighted by Crippen LogP contribution is -2.66. The largest absolute Gasteiger partial charge is 0.480 e. The number of carboxylic acid groups (broad SMARTS) is 1. The molecule has 2 N–H and O–H groups in total. The summed E-state index contributed by atoms with van der Waals surface area (Å²) in [6.45, 7) is -0.337.